The van der Waals surface area contributed by atoms with E-state index >= 15 is 0 Å². The Balaban J connectivity index is 1.16. The summed E-state index contributed by atoms with van der Waals surface area (Å²) < 4.78 is 54.1. The highest BCUT2D eigenvalue weighted by molar-refractivity contribution is 7.90. The van der Waals surface area contributed by atoms with Crippen LogP contribution in [0.4, 0.5) is 0 Å². The molecule has 66 heavy (non-hydrogen) atoms. The first-order valence-corrected chi connectivity index (χ1v) is 29.3. The van der Waals surface area contributed by atoms with Crippen molar-refractivity contribution < 1.29 is 45.6 Å². The van der Waals surface area contributed by atoms with Crippen molar-refractivity contribution in [3.05, 3.63) is 0 Å². The predicted octanol–water partition coefficient (Wildman–Crippen LogP) is 5.30. The molecule has 5 aliphatic rings. The van der Waals surface area contributed by atoms with Gasteiger partial charge in [0.05, 0.1) is 29.4 Å². The molecule has 1 saturated heterocycles. The molecule has 1 heterocycles. The number of ketones is 1. The third-order valence-electron chi connectivity index (χ3n) is 15.2. The molecule has 0 bridgehead atoms. The molecule has 376 valence electrons. The van der Waals surface area contributed by atoms with Gasteiger partial charge in [0.15, 0.2) is 0 Å². The molecule has 5 fully saturated rings. The van der Waals surface area contributed by atoms with E-state index in [0.717, 1.165) is 148 Å². The lowest BCUT2D eigenvalue weighted by molar-refractivity contribution is -0.141. The van der Waals surface area contributed by atoms with Crippen molar-refractivity contribution in [1.82, 2.24) is 30.3 Å². The lowest BCUT2D eigenvalue weighted by atomic mass is 9.81. The van der Waals surface area contributed by atoms with Crippen molar-refractivity contribution in [2.45, 2.75) is 204 Å². The van der Waals surface area contributed by atoms with Crippen LogP contribution in [0.15, 0.2) is 0 Å². The molecule has 4 aliphatic carbocycles. The van der Waals surface area contributed by atoms with Gasteiger partial charge in [0.25, 0.3) is 5.91 Å². The summed E-state index contributed by atoms with van der Waals surface area (Å²) in [4.78, 5) is 82.9. The van der Waals surface area contributed by atoms with E-state index < -0.39 is 55.0 Å². The van der Waals surface area contributed by atoms with Gasteiger partial charge in [-0.25, -0.2) is 26.3 Å². The van der Waals surface area contributed by atoms with Crippen LogP contribution in [-0.2, 0) is 48.8 Å². The van der Waals surface area contributed by atoms with Crippen molar-refractivity contribution >= 4 is 55.4 Å². The Morgan fingerprint density at radius 1 is 0.576 bits per heavy atom. The van der Waals surface area contributed by atoms with Gasteiger partial charge in [-0.3, -0.25) is 33.7 Å². The van der Waals surface area contributed by atoms with Crippen molar-refractivity contribution in [2.75, 3.05) is 32.4 Å². The molecule has 3 unspecified atom stereocenters. The van der Waals surface area contributed by atoms with Crippen LogP contribution < -0.4 is 25.4 Å². The van der Waals surface area contributed by atoms with Gasteiger partial charge in [-0.1, -0.05) is 109 Å². The third kappa shape index (κ3) is 17.2. The first kappa shape index (κ1) is 54.0. The first-order chi connectivity index (χ1) is 31.6. The molecular weight excluding hydrogens is 885 g/mol. The maximum Gasteiger partial charge on any atom is 0.289 e. The molecule has 5 rings (SSSR count). The number of unbranched alkanes of at least 4 members (excludes halogenated alkanes) is 6. The zero-order valence-electron chi connectivity index (χ0n) is 39.8. The van der Waals surface area contributed by atoms with Crippen LogP contribution in [0.3, 0.4) is 0 Å². The fraction of sp³-hybridized carbons (Fsp3) is 0.875. The van der Waals surface area contributed by atoms with Crippen LogP contribution in [-0.4, -0.2) is 107 Å². The second kappa shape index (κ2) is 27.3. The summed E-state index contributed by atoms with van der Waals surface area (Å²) in [5.74, 6) is -2.68. The van der Waals surface area contributed by atoms with E-state index in [-0.39, 0.29) is 79.8 Å². The second-order valence-electron chi connectivity index (χ2n) is 20.2. The van der Waals surface area contributed by atoms with E-state index in [0.29, 0.717) is 38.6 Å². The molecule has 5 atom stereocenters. The molecule has 0 aromatic carbocycles. The number of nitrogens with one attached hydrogen (secondary N) is 5. The summed E-state index contributed by atoms with van der Waals surface area (Å²) in [6, 6.07) is -2.16. The lowest BCUT2D eigenvalue weighted by Gasteiger charge is -2.29. The van der Waals surface area contributed by atoms with Crippen LogP contribution in [0.2, 0.25) is 0 Å². The molecule has 5 amide bonds. The Hall–Kier alpha value is -2.96. The number of rotatable bonds is 29. The van der Waals surface area contributed by atoms with Gasteiger partial charge in [-0.05, 0) is 88.9 Å². The molecule has 18 heteroatoms. The fourth-order valence-electron chi connectivity index (χ4n) is 11.4. The van der Waals surface area contributed by atoms with Crippen LogP contribution >= 0.6 is 0 Å². The van der Waals surface area contributed by atoms with Crippen molar-refractivity contribution in [3.63, 3.8) is 0 Å². The van der Waals surface area contributed by atoms with Crippen LogP contribution in [0.1, 0.15) is 186 Å². The average Bonchev–Trinajstić information content (AvgIpc) is 3.92. The maximum absolute atomic E-state index is 14.3. The monoisotopic (exact) mass is 967 g/mol. The number of carbonyl (C=O) groups is 6. The number of hydrogen-bond acceptors (Lipinski definition) is 10. The Labute approximate surface area is 395 Å². The molecule has 1 aliphatic heterocycles. The first-order valence-electron chi connectivity index (χ1n) is 25.9. The SMILES string of the molecule is CS(=O)(=O)NCCCC[C@H](NC(=O)C(CCCCCCCCN1C(=O)C2CCCCC2C1=O)C1CCCC1)C(=O)N[C@@H](CC1CCCCC1)C(=O)C(=O)NCCNS(=O)(=O)C1CCCCC1. The van der Waals surface area contributed by atoms with E-state index in [4.69, 9.17) is 0 Å². The van der Waals surface area contributed by atoms with Gasteiger partial charge in [0.2, 0.25) is 49.5 Å². The number of carbonyl (C=O) groups excluding carboxylic acids is 6. The lowest BCUT2D eigenvalue weighted by Crippen LogP contribution is -2.55. The zero-order valence-corrected chi connectivity index (χ0v) is 41.4. The number of Topliss-reactive ketones (excluding diaryl/α,β-unsaturated/α-hetero) is 1. The number of imide groups is 1. The molecule has 5 N–H and O–H groups in total. The fourth-order valence-corrected chi connectivity index (χ4v) is 13.5. The molecule has 0 aromatic heterocycles. The molecule has 16 nitrogen and oxygen atoms in total. The Kier molecular flexibility index (Phi) is 22.3. The topological polar surface area (TPSA) is 234 Å². The van der Waals surface area contributed by atoms with Gasteiger partial charge in [0, 0.05) is 32.1 Å². The van der Waals surface area contributed by atoms with Crippen molar-refractivity contribution in [1.29, 1.82) is 0 Å². The number of hydrogen-bond donors (Lipinski definition) is 5. The normalized spacial score (nSPS) is 22.7. The number of amides is 5. The molecular formula is C48H82N6O10S2. The number of sulfonamides is 2. The minimum absolute atomic E-state index is 0.0194. The van der Waals surface area contributed by atoms with E-state index in [2.05, 4.69) is 25.4 Å². The summed E-state index contributed by atoms with van der Waals surface area (Å²) in [7, 11) is -6.97. The predicted molar refractivity (Wildman–Crippen MR) is 253 cm³/mol. The van der Waals surface area contributed by atoms with Gasteiger partial charge in [0.1, 0.15) is 6.04 Å². The summed E-state index contributed by atoms with van der Waals surface area (Å²) in [6.07, 6.45) is 24.8. The second-order valence-corrected chi connectivity index (χ2v) is 24.1. The molecule has 0 radical (unpaired) electrons. The van der Waals surface area contributed by atoms with Crippen molar-refractivity contribution in [2.24, 2.45) is 29.6 Å². The average molecular weight is 967 g/mol. The minimum atomic E-state index is -3.55. The minimum Gasteiger partial charge on any atom is -0.348 e. The van der Waals surface area contributed by atoms with Crippen LogP contribution in [0, 0.1) is 29.6 Å². The number of likely N-dealkylation sites (tertiary alicyclic amines) is 1. The molecule has 4 saturated carbocycles. The Bertz CT molecular complexity index is 1800. The highest BCUT2D eigenvalue weighted by Crippen LogP contribution is 2.38. The van der Waals surface area contributed by atoms with Crippen molar-refractivity contribution in [3.8, 4) is 0 Å². The quantitative estimate of drug-likeness (QED) is 0.0369. The number of nitrogens with zero attached hydrogens (tertiary/aromatic N) is 1. The smallest absolute Gasteiger partial charge is 0.289 e. The standard InChI is InChI=1S/C48H82N6O10S2/c1-65(61,62)50-30-18-17-29-41(45(57)53-42(34-35-20-8-6-9-21-35)43(55)46(58)49-31-32-51-66(63,64)37-24-10-7-11-25-37)52-44(56)38(36-22-13-14-23-36)26-12-4-2-3-5-19-33-54-47(59)39-27-15-16-28-40(39)48(54)60/h35-42,50-51H,2-34H2,1H3,(H,49,58)(H,52,56)(H,53,57)/t38?,39?,40?,41-,42-/m0/s1. The maximum atomic E-state index is 14.3. The van der Waals surface area contributed by atoms with E-state index in [9.17, 15) is 45.6 Å². The van der Waals surface area contributed by atoms with Crippen LogP contribution in [0.25, 0.3) is 0 Å². The largest absolute Gasteiger partial charge is 0.348 e. The summed E-state index contributed by atoms with van der Waals surface area (Å²) >= 11 is 0. The van der Waals surface area contributed by atoms with Crippen LogP contribution in [0.5, 0.6) is 0 Å². The Morgan fingerprint density at radius 2 is 1.12 bits per heavy atom. The van der Waals surface area contributed by atoms with Gasteiger partial charge < -0.3 is 16.0 Å². The van der Waals surface area contributed by atoms with E-state index in [1.165, 1.54) is 4.90 Å². The van der Waals surface area contributed by atoms with Gasteiger partial charge >= 0.3 is 0 Å². The highest BCUT2D eigenvalue weighted by atomic mass is 32.2. The van der Waals surface area contributed by atoms with E-state index in [1.54, 1.807) is 0 Å². The summed E-state index contributed by atoms with van der Waals surface area (Å²) in [6.45, 7) is 0.508. The Morgan fingerprint density at radius 3 is 1.76 bits per heavy atom. The van der Waals surface area contributed by atoms with Gasteiger partial charge in [-0.15, -0.1) is 0 Å². The summed E-state index contributed by atoms with van der Waals surface area (Å²) in [5.41, 5.74) is 0. The van der Waals surface area contributed by atoms with E-state index in [1.807, 2.05) is 0 Å². The highest BCUT2D eigenvalue weighted by Gasteiger charge is 2.47. The number of fused-ring (bicyclic) bond motifs is 1. The molecule has 0 aromatic rings. The summed E-state index contributed by atoms with van der Waals surface area (Å²) in [5, 5.41) is 8.02. The molecule has 0 spiro atoms. The van der Waals surface area contributed by atoms with Gasteiger partial charge in [-0.2, -0.15) is 0 Å². The third-order valence-corrected chi connectivity index (χ3v) is 17.8. The zero-order chi connectivity index (χ0) is 47.5.